The third kappa shape index (κ3) is 6.19. The van der Waals surface area contributed by atoms with Gasteiger partial charge in [0.25, 0.3) is 0 Å². The molecule has 0 spiro atoms. The van der Waals surface area contributed by atoms with Gasteiger partial charge in [-0.1, -0.05) is 18.2 Å². The Labute approximate surface area is 175 Å². The fourth-order valence-corrected chi connectivity index (χ4v) is 4.12. The lowest BCUT2D eigenvalue weighted by atomic mass is 10.1. The van der Waals surface area contributed by atoms with Crippen molar-refractivity contribution in [3.05, 3.63) is 72.3 Å². The number of sulfonamides is 1. The third-order valence-corrected chi connectivity index (χ3v) is 5.91. The number of aliphatic hydroxyl groups is 1. The molecule has 0 radical (unpaired) electrons. The van der Waals surface area contributed by atoms with E-state index in [4.69, 9.17) is 0 Å². The third-order valence-electron chi connectivity index (χ3n) is 4.32. The summed E-state index contributed by atoms with van der Waals surface area (Å²) in [6, 6.07) is 11.9. The molecule has 0 bridgehead atoms. The van der Waals surface area contributed by atoms with Crippen LogP contribution in [0.1, 0.15) is 18.6 Å². The van der Waals surface area contributed by atoms with Crippen LogP contribution in [0, 0.1) is 5.82 Å². The van der Waals surface area contributed by atoms with Gasteiger partial charge in [0.1, 0.15) is 5.82 Å². The van der Waals surface area contributed by atoms with Crippen LogP contribution in [0.4, 0.5) is 4.39 Å². The monoisotopic (exact) mass is 439 g/mol. The number of benzene rings is 2. The summed E-state index contributed by atoms with van der Waals surface area (Å²) in [7, 11) is -3.67. The molecule has 0 fully saturated rings. The minimum atomic E-state index is -3.67. The molecule has 0 unspecified atom stereocenters. The van der Waals surface area contributed by atoms with E-state index in [9.17, 15) is 17.9 Å². The first-order valence-electron chi connectivity index (χ1n) is 8.85. The Hall–Kier alpha value is -2.10. The van der Waals surface area contributed by atoms with Gasteiger partial charge in [-0.3, -0.25) is 4.98 Å². The number of nitrogens with one attached hydrogen (secondary N) is 2. The van der Waals surface area contributed by atoms with Gasteiger partial charge < -0.3 is 10.4 Å². The molecule has 9 heteroatoms. The van der Waals surface area contributed by atoms with Crippen molar-refractivity contribution in [2.45, 2.75) is 24.0 Å². The number of fused-ring (bicyclic) bond motifs is 1. The Morgan fingerprint density at radius 1 is 1.07 bits per heavy atom. The summed E-state index contributed by atoms with van der Waals surface area (Å²) < 4.78 is 40.7. The molecule has 156 valence electrons. The maximum atomic E-state index is 12.9. The molecule has 6 nitrogen and oxygen atoms in total. The van der Waals surface area contributed by atoms with Gasteiger partial charge in [-0.15, -0.1) is 12.4 Å². The molecular formula is C20H23ClFN3O3S. The normalized spacial score (nSPS) is 13.6. The Morgan fingerprint density at radius 3 is 2.52 bits per heavy atom. The van der Waals surface area contributed by atoms with Gasteiger partial charge in [-0.05, 0) is 48.2 Å². The Kier molecular flexibility index (Phi) is 8.06. The highest BCUT2D eigenvalue weighted by Gasteiger charge is 2.18. The SMILES string of the molecule is C[C@H](CNC[C@@H](O)c1ccc(F)cc1)NS(=O)(=O)c1ccc2cnccc2c1.Cl. The molecule has 2 aromatic carbocycles. The van der Waals surface area contributed by atoms with Crippen molar-refractivity contribution in [1.29, 1.82) is 0 Å². The number of hydrogen-bond donors (Lipinski definition) is 3. The average molecular weight is 440 g/mol. The van der Waals surface area contributed by atoms with Crippen molar-refractivity contribution in [3.8, 4) is 0 Å². The number of nitrogens with zero attached hydrogens (tertiary/aromatic N) is 1. The smallest absolute Gasteiger partial charge is 0.240 e. The minimum Gasteiger partial charge on any atom is -0.387 e. The highest BCUT2D eigenvalue weighted by molar-refractivity contribution is 7.89. The summed E-state index contributed by atoms with van der Waals surface area (Å²) in [6.45, 7) is 2.29. The van der Waals surface area contributed by atoms with E-state index < -0.39 is 22.2 Å². The van der Waals surface area contributed by atoms with E-state index in [1.54, 1.807) is 43.6 Å². The van der Waals surface area contributed by atoms with Crippen LogP contribution in [0.25, 0.3) is 10.8 Å². The number of pyridine rings is 1. The molecule has 0 amide bonds. The summed E-state index contributed by atoms with van der Waals surface area (Å²) in [5.41, 5.74) is 0.591. The van der Waals surface area contributed by atoms with Crippen molar-refractivity contribution in [2.24, 2.45) is 0 Å². The minimum absolute atomic E-state index is 0. The first kappa shape index (κ1) is 23.2. The van der Waals surface area contributed by atoms with Gasteiger partial charge in [0, 0.05) is 36.9 Å². The zero-order chi connectivity index (χ0) is 20.1. The average Bonchev–Trinajstić information content (AvgIpc) is 2.67. The van der Waals surface area contributed by atoms with Crippen LogP contribution in [0.5, 0.6) is 0 Å². The second-order valence-corrected chi connectivity index (χ2v) is 8.35. The van der Waals surface area contributed by atoms with E-state index in [1.807, 2.05) is 0 Å². The summed E-state index contributed by atoms with van der Waals surface area (Å²) in [5.74, 6) is -0.364. The highest BCUT2D eigenvalue weighted by Crippen LogP contribution is 2.18. The van der Waals surface area contributed by atoms with Crippen molar-refractivity contribution < 1.29 is 17.9 Å². The fraction of sp³-hybridized carbons (Fsp3) is 0.250. The molecule has 0 saturated heterocycles. The summed E-state index contributed by atoms with van der Waals surface area (Å²) in [6.07, 6.45) is 2.49. The predicted octanol–water partition coefficient (Wildman–Crippen LogP) is 2.79. The van der Waals surface area contributed by atoms with Crippen LogP contribution in [0.3, 0.4) is 0 Å². The Morgan fingerprint density at radius 2 is 1.79 bits per heavy atom. The molecule has 3 rings (SSSR count). The lowest BCUT2D eigenvalue weighted by Crippen LogP contribution is -2.40. The Balaban J connectivity index is 0.00000300. The maximum Gasteiger partial charge on any atom is 0.240 e. The van der Waals surface area contributed by atoms with E-state index in [2.05, 4.69) is 15.0 Å². The molecule has 2 atom stereocenters. The molecule has 0 saturated carbocycles. The topological polar surface area (TPSA) is 91.3 Å². The van der Waals surface area contributed by atoms with Crippen LogP contribution in [0.2, 0.25) is 0 Å². The van der Waals surface area contributed by atoms with Crippen molar-refractivity contribution in [3.63, 3.8) is 0 Å². The summed E-state index contributed by atoms with van der Waals surface area (Å²) in [4.78, 5) is 4.20. The molecule has 0 aliphatic rings. The molecule has 1 aromatic heterocycles. The van der Waals surface area contributed by atoms with Crippen molar-refractivity contribution >= 4 is 33.2 Å². The van der Waals surface area contributed by atoms with E-state index >= 15 is 0 Å². The van der Waals surface area contributed by atoms with E-state index in [-0.39, 0.29) is 29.7 Å². The van der Waals surface area contributed by atoms with Gasteiger partial charge in [0.15, 0.2) is 0 Å². The van der Waals surface area contributed by atoms with Crippen molar-refractivity contribution in [2.75, 3.05) is 13.1 Å². The van der Waals surface area contributed by atoms with Crippen LogP contribution < -0.4 is 10.0 Å². The van der Waals surface area contributed by atoms with E-state index in [0.717, 1.165) is 10.8 Å². The summed E-state index contributed by atoms with van der Waals surface area (Å²) in [5, 5.41) is 14.8. The predicted molar refractivity (Wildman–Crippen MR) is 113 cm³/mol. The second kappa shape index (κ2) is 10.1. The fourth-order valence-electron chi connectivity index (χ4n) is 2.84. The highest BCUT2D eigenvalue weighted by atomic mass is 35.5. The van der Waals surface area contributed by atoms with Crippen LogP contribution in [-0.4, -0.2) is 37.6 Å². The van der Waals surface area contributed by atoms with Gasteiger partial charge in [-0.25, -0.2) is 17.5 Å². The zero-order valence-electron chi connectivity index (χ0n) is 15.7. The molecule has 0 aliphatic heterocycles. The van der Waals surface area contributed by atoms with Crippen LogP contribution in [0.15, 0.2) is 65.8 Å². The standard InChI is InChI=1S/C20H22FN3O3S.ClH/c1-14(11-23-13-20(25)15-2-5-18(21)6-3-15)24-28(26,27)19-7-4-17-12-22-9-8-16(17)10-19;/h2-10,12,14,20,23-25H,11,13H2,1H3;1H/t14-,20-;/m1./s1. The Bertz CT molecular complexity index is 1050. The quantitative estimate of drug-likeness (QED) is 0.502. The summed E-state index contributed by atoms with van der Waals surface area (Å²) >= 11 is 0. The number of halogens is 2. The van der Waals surface area contributed by atoms with Crippen molar-refractivity contribution in [1.82, 2.24) is 15.0 Å². The number of aromatic nitrogens is 1. The molecule has 1 heterocycles. The van der Waals surface area contributed by atoms with Gasteiger partial charge in [0.2, 0.25) is 10.0 Å². The second-order valence-electron chi connectivity index (χ2n) is 6.63. The number of hydrogen-bond acceptors (Lipinski definition) is 5. The number of rotatable bonds is 8. The molecule has 0 aliphatic carbocycles. The van der Waals surface area contributed by atoms with E-state index in [0.29, 0.717) is 12.1 Å². The molecular weight excluding hydrogens is 417 g/mol. The first-order chi connectivity index (χ1) is 13.3. The number of aliphatic hydroxyl groups excluding tert-OH is 1. The first-order valence-corrected chi connectivity index (χ1v) is 10.3. The van der Waals surface area contributed by atoms with Crippen LogP contribution >= 0.6 is 12.4 Å². The lowest BCUT2D eigenvalue weighted by molar-refractivity contribution is 0.174. The zero-order valence-corrected chi connectivity index (χ0v) is 17.4. The largest absolute Gasteiger partial charge is 0.387 e. The van der Waals surface area contributed by atoms with Gasteiger partial charge >= 0.3 is 0 Å². The molecule has 3 aromatic rings. The lowest BCUT2D eigenvalue weighted by Gasteiger charge is -2.17. The molecule has 3 N–H and O–H groups in total. The molecule has 29 heavy (non-hydrogen) atoms. The van der Waals surface area contributed by atoms with Gasteiger partial charge in [-0.2, -0.15) is 0 Å². The van der Waals surface area contributed by atoms with Crippen LogP contribution in [-0.2, 0) is 10.0 Å². The van der Waals surface area contributed by atoms with E-state index in [1.165, 1.54) is 24.3 Å². The maximum absolute atomic E-state index is 12.9. The van der Waals surface area contributed by atoms with Gasteiger partial charge in [0.05, 0.1) is 11.0 Å².